The molecule has 2 saturated heterocycles. The monoisotopic (exact) mass is 524 g/mol. The number of benzene rings is 2. The molecule has 0 atom stereocenters. The Morgan fingerprint density at radius 1 is 0.829 bits per heavy atom. The Morgan fingerprint density at radius 2 is 1.40 bits per heavy atom. The molecule has 4 rings (SSSR count). The second kappa shape index (κ2) is 9.75. The van der Waals surface area contributed by atoms with Crippen LogP contribution >= 0.6 is 0 Å². The molecule has 2 heterocycles. The average molecular weight is 525 g/mol. The second-order valence-electron chi connectivity index (χ2n) is 8.75. The lowest BCUT2D eigenvalue weighted by Crippen LogP contribution is -2.49. The molecule has 2 aliphatic heterocycles. The zero-order valence-electron chi connectivity index (χ0n) is 19.7. The van der Waals surface area contributed by atoms with Crippen LogP contribution in [-0.2, 0) is 19.9 Å². The van der Waals surface area contributed by atoms with E-state index in [0.29, 0.717) is 37.4 Å². The molecule has 0 spiro atoms. The summed E-state index contributed by atoms with van der Waals surface area (Å²) in [6.07, 6.45) is 3.04. The number of nitrogens with one attached hydrogen (secondary N) is 1. The fourth-order valence-corrected chi connectivity index (χ4v) is 5.89. The van der Waals surface area contributed by atoms with Gasteiger partial charge in [-0.05, 0) is 56.3 Å². The van der Waals surface area contributed by atoms with Gasteiger partial charge in [0.2, 0.25) is 10.0 Å². The molecule has 2 aromatic carbocycles. The molecule has 0 aromatic heterocycles. The first-order valence-corrected chi connectivity index (χ1v) is 14.7. The number of rotatable bonds is 6. The highest BCUT2D eigenvalue weighted by atomic mass is 32.2. The quantitative estimate of drug-likeness (QED) is 0.613. The molecule has 0 bridgehead atoms. The standard InChI is InChI=1S/C23H29FN4O5S2/c1-25-35(32,33)18-6-7-21(26-9-3-4-10-26)19(15-18)23(29)28-13-11-27(12-14-28)22-8-5-17(16-20(22)24)34(2,30)31/h5-8,15-16,25H,3-4,9-14H2,1-2H3. The van der Waals surface area contributed by atoms with E-state index in [4.69, 9.17) is 0 Å². The number of piperazine rings is 1. The fourth-order valence-electron chi connectivity index (χ4n) is 4.50. The van der Waals surface area contributed by atoms with Crippen LogP contribution in [-0.4, -0.2) is 80.2 Å². The van der Waals surface area contributed by atoms with Crippen LogP contribution in [0.15, 0.2) is 46.2 Å². The zero-order valence-corrected chi connectivity index (χ0v) is 21.3. The van der Waals surface area contributed by atoms with Crippen LogP contribution < -0.4 is 14.5 Å². The third-order valence-corrected chi connectivity index (χ3v) is 9.00. The first-order chi connectivity index (χ1) is 16.5. The number of hydrogen-bond donors (Lipinski definition) is 1. The largest absolute Gasteiger partial charge is 0.371 e. The molecule has 0 saturated carbocycles. The van der Waals surface area contributed by atoms with E-state index >= 15 is 0 Å². The highest BCUT2D eigenvalue weighted by molar-refractivity contribution is 7.90. The molecule has 2 aromatic rings. The number of carbonyl (C=O) groups excluding carboxylic acids is 1. The molecule has 12 heteroatoms. The lowest BCUT2D eigenvalue weighted by Gasteiger charge is -2.37. The Kier molecular flexibility index (Phi) is 7.07. The van der Waals surface area contributed by atoms with Crippen molar-refractivity contribution in [2.75, 3.05) is 62.4 Å². The predicted octanol–water partition coefficient (Wildman–Crippen LogP) is 1.70. The van der Waals surface area contributed by atoms with Gasteiger partial charge >= 0.3 is 0 Å². The van der Waals surface area contributed by atoms with Crippen molar-refractivity contribution in [1.29, 1.82) is 0 Å². The van der Waals surface area contributed by atoms with Gasteiger partial charge < -0.3 is 14.7 Å². The lowest BCUT2D eigenvalue weighted by atomic mass is 10.1. The normalized spacial score (nSPS) is 17.2. The molecule has 35 heavy (non-hydrogen) atoms. The van der Waals surface area contributed by atoms with Crippen LogP contribution in [0.2, 0.25) is 0 Å². The minimum Gasteiger partial charge on any atom is -0.371 e. The fraction of sp³-hybridized carbons (Fsp3) is 0.435. The van der Waals surface area contributed by atoms with Crippen LogP contribution in [0.1, 0.15) is 23.2 Å². The molecular weight excluding hydrogens is 495 g/mol. The van der Waals surface area contributed by atoms with Gasteiger partial charge in [0.1, 0.15) is 5.82 Å². The number of carbonyl (C=O) groups is 1. The van der Waals surface area contributed by atoms with Gasteiger partial charge in [-0.1, -0.05) is 0 Å². The first-order valence-electron chi connectivity index (χ1n) is 11.4. The van der Waals surface area contributed by atoms with Gasteiger partial charge in [0, 0.05) is 51.2 Å². The summed E-state index contributed by atoms with van der Waals surface area (Å²) >= 11 is 0. The molecule has 0 aliphatic carbocycles. The zero-order chi connectivity index (χ0) is 25.4. The van der Waals surface area contributed by atoms with E-state index in [1.807, 2.05) is 0 Å². The molecule has 9 nitrogen and oxygen atoms in total. The Balaban J connectivity index is 1.55. The van der Waals surface area contributed by atoms with E-state index < -0.39 is 25.7 Å². The average Bonchev–Trinajstić information content (AvgIpc) is 3.37. The van der Waals surface area contributed by atoms with Crippen molar-refractivity contribution in [1.82, 2.24) is 9.62 Å². The molecule has 2 fully saturated rings. The summed E-state index contributed by atoms with van der Waals surface area (Å²) in [5, 5.41) is 0. The van der Waals surface area contributed by atoms with E-state index in [0.717, 1.165) is 38.3 Å². The summed E-state index contributed by atoms with van der Waals surface area (Å²) in [7, 11) is -5.91. The van der Waals surface area contributed by atoms with Crippen LogP contribution in [0, 0.1) is 5.82 Å². The Morgan fingerprint density at radius 3 is 1.97 bits per heavy atom. The lowest BCUT2D eigenvalue weighted by molar-refractivity contribution is 0.0747. The number of sulfonamides is 1. The summed E-state index contributed by atoms with van der Waals surface area (Å²) in [6.45, 7) is 2.94. The highest BCUT2D eigenvalue weighted by Crippen LogP contribution is 2.30. The van der Waals surface area contributed by atoms with Gasteiger partial charge in [0.25, 0.3) is 5.91 Å². The summed E-state index contributed by atoms with van der Waals surface area (Å²) in [4.78, 5) is 19.0. The van der Waals surface area contributed by atoms with Crippen LogP contribution in [0.5, 0.6) is 0 Å². The maximum atomic E-state index is 14.6. The predicted molar refractivity (Wildman–Crippen MR) is 132 cm³/mol. The Labute approximate surface area is 205 Å². The van der Waals surface area contributed by atoms with E-state index in [-0.39, 0.29) is 21.4 Å². The highest BCUT2D eigenvalue weighted by Gasteiger charge is 2.29. The number of anilines is 2. The molecule has 1 amide bonds. The molecule has 0 radical (unpaired) electrons. The summed E-state index contributed by atoms with van der Waals surface area (Å²) in [6, 6.07) is 8.47. The van der Waals surface area contributed by atoms with Gasteiger partial charge in [-0.25, -0.2) is 25.9 Å². The number of hydrogen-bond acceptors (Lipinski definition) is 7. The summed E-state index contributed by atoms with van der Waals surface area (Å²) in [5.41, 5.74) is 1.33. The molecular formula is C23H29FN4O5S2. The topological polar surface area (TPSA) is 107 Å². The van der Waals surface area contributed by atoms with Crippen molar-refractivity contribution < 1.29 is 26.0 Å². The second-order valence-corrected chi connectivity index (χ2v) is 12.6. The number of nitrogens with zero attached hydrogens (tertiary/aromatic N) is 3. The Hall–Kier alpha value is -2.70. The van der Waals surface area contributed by atoms with E-state index in [1.54, 1.807) is 15.9 Å². The van der Waals surface area contributed by atoms with Crippen molar-refractivity contribution in [3.05, 3.63) is 47.8 Å². The number of amides is 1. The SMILES string of the molecule is CNS(=O)(=O)c1ccc(N2CCCC2)c(C(=O)N2CCN(c3ccc(S(C)(=O)=O)cc3F)CC2)c1. The van der Waals surface area contributed by atoms with Gasteiger partial charge in [-0.2, -0.15) is 0 Å². The van der Waals surface area contributed by atoms with Crippen LogP contribution in [0.3, 0.4) is 0 Å². The molecule has 190 valence electrons. The molecule has 2 aliphatic rings. The first kappa shape index (κ1) is 25.4. The third-order valence-electron chi connectivity index (χ3n) is 6.48. The van der Waals surface area contributed by atoms with Crippen molar-refractivity contribution in [2.24, 2.45) is 0 Å². The third kappa shape index (κ3) is 5.29. The summed E-state index contributed by atoms with van der Waals surface area (Å²) in [5.74, 6) is -0.901. The molecule has 0 unspecified atom stereocenters. The van der Waals surface area contributed by atoms with Crippen LogP contribution in [0.25, 0.3) is 0 Å². The maximum absolute atomic E-state index is 14.6. The van der Waals surface area contributed by atoms with E-state index in [1.165, 1.54) is 31.3 Å². The minimum atomic E-state index is -3.72. The van der Waals surface area contributed by atoms with E-state index in [9.17, 15) is 26.0 Å². The van der Waals surface area contributed by atoms with Gasteiger partial charge in [0.05, 0.1) is 21.0 Å². The van der Waals surface area contributed by atoms with Crippen molar-refractivity contribution in [3.63, 3.8) is 0 Å². The van der Waals surface area contributed by atoms with Crippen molar-refractivity contribution in [3.8, 4) is 0 Å². The summed E-state index contributed by atoms with van der Waals surface area (Å²) < 4.78 is 65.0. The van der Waals surface area contributed by atoms with Gasteiger partial charge in [-0.15, -0.1) is 0 Å². The van der Waals surface area contributed by atoms with Gasteiger partial charge in [-0.3, -0.25) is 4.79 Å². The van der Waals surface area contributed by atoms with Crippen molar-refractivity contribution in [2.45, 2.75) is 22.6 Å². The van der Waals surface area contributed by atoms with Crippen molar-refractivity contribution >= 4 is 37.1 Å². The number of sulfone groups is 1. The Bertz CT molecular complexity index is 1330. The maximum Gasteiger partial charge on any atom is 0.256 e. The number of halogens is 1. The van der Waals surface area contributed by atoms with E-state index in [2.05, 4.69) is 9.62 Å². The van der Waals surface area contributed by atoms with Gasteiger partial charge in [0.15, 0.2) is 9.84 Å². The minimum absolute atomic E-state index is 0.0259. The smallest absolute Gasteiger partial charge is 0.256 e. The molecule has 1 N–H and O–H groups in total. The van der Waals surface area contributed by atoms with Crippen LogP contribution in [0.4, 0.5) is 15.8 Å².